The lowest BCUT2D eigenvalue weighted by molar-refractivity contribution is 0.556. The smallest absolute Gasteiger partial charge is 0.123 e. The molecule has 4 heteroatoms. The van der Waals surface area contributed by atoms with Crippen molar-refractivity contribution in [2.45, 2.75) is 18.9 Å². The normalized spacial score (nSPS) is 12.3. The minimum absolute atomic E-state index is 0.347. The molecule has 0 amide bonds. The molecule has 2 rings (SSSR count). The van der Waals surface area contributed by atoms with Gasteiger partial charge in [-0.25, -0.2) is 4.98 Å². The fourth-order valence-electron chi connectivity index (χ4n) is 2.13. The number of halogens is 1. The summed E-state index contributed by atoms with van der Waals surface area (Å²) >= 11 is 6.01. The van der Waals surface area contributed by atoms with E-state index in [9.17, 15) is 0 Å². The van der Waals surface area contributed by atoms with E-state index in [1.807, 2.05) is 37.4 Å². The fraction of sp³-hybridized carbons (Fsp3) is 0.267. The van der Waals surface area contributed by atoms with Crippen LogP contribution in [0, 0.1) is 0 Å². The maximum absolute atomic E-state index is 6.01. The number of anilines is 1. The second-order valence-electron chi connectivity index (χ2n) is 4.61. The molecular weight excluding hydrogens is 258 g/mol. The van der Waals surface area contributed by atoms with E-state index >= 15 is 0 Å². The Bertz CT molecular complexity index is 495. The number of hydrogen-bond donors (Lipinski definition) is 2. The van der Waals surface area contributed by atoms with Gasteiger partial charge in [0.25, 0.3) is 0 Å². The number of rotatable bonds is 5. The minimum atomic E-state index is 0.347. The molecule has 1 atom stereocenters. The van der Waals surface area contributed by atoms with Crippen molar-refractivity contribution in [3.8, 4) is 0 Å². The van der Waals surface area contributed by atoms with E-state index in [2.05, 4.69) is 16.4 Å². The molecule has 0 spiro atoms. The van der Waals surface area contributed by atoms with Crippen LogP contribution < -0.4 is 11.1 Å². The zero-order valence-corrected chi connectivity index (χ0v) is 11.7. The van der Waals surface area contributed by atoms with E-state index in [1.165, 1.54) is 11.1 Å². The van der Waals surface area contributed by atoms with Crippen LogP contribution in [0.25, 0.3) is 0 Å². The lowest BCUT2D eigenvalue weighted by Gasteiger charge is -2.16. The number of hydrogen-bond acceptors (Lipinski definition) is 3. The highest BCUT2D eigenvalue weighted by Gasteiger charge is 2.09. The van der Waals surface area contributed by atoms with Crippen LogP contribution in [0.3, 0.4) is 0 Å². The molecule has 0 aliphatic carbocycles. The summed E-state index contributed by atoms with van der Waals surface area (Å²) < 4.78 is 0. The highest BCUT2D eigenvalue weighted by Crippen LogP contribution is 2.14. The lowest BCUT2D eigenvalue weighted by atomic mass is 9.99. The Morgan fingerprint density at radius 3 is 2.58 bits per heavy atom. The molecule has 3 nitrogen and oxygen atoms in total. The summed E-state index contributed by atoms with van der Waals surface area (Å²) in [6.45, 7) is 0. The molecule has 19 heavy (non-hydrogen) atoms. The molecular formula is C15H18ClN3. The van der Waals surface area contributed by atoms with Crippen LogP contribution in [0.2, 0.25) is 5.02 Å². The molecule has 1 unspecified atom stereocenters. The van der Waals surface area contributed by atoms with Crippen molar-refractivity contribution in [2.24, 2.45) is 0 Å². The third kappa shape index (κ3) is 4.23. The van der Waals surface area contributed by atoms with Gasteiger partial charge in [0.1, 0.15) is 5.82 Å². The first-order valence-electron chi connectivity index (χ1n) is 6.29. The van der Waals surface area contributed by atoms with Crippen molar-refractivity contribution < 1.29 is 0 Å². The van der Waals surface area contributed by atoms with Crippen LogP contribution in [-0.4, -0.2) is 18.1 Å². The number of nitrogen functional groups attached to an aromatic ring is 1. The van der Waals surface area contributed by atoms with Gasteiger partial charge in [0.15, 0.2) is 0 Å². The summed E-state index contributed by atoms with van der Waals surface area (Å²) in [5.41, 5.74) is 8.12. The van der Waals surface area contributed by atoms with Gasteiger partial charge in [0.05, 0.1) is 0 Å². The molecule has 0 aliphatic heterocycles. The zero-order chi connectivity index (χ0) is 13.7. The van der Waals surface area contributed by atoms with Gasteiger partial charge in [-0.2, -0.15) is 0 Å². The highest BCUT2D eigenvalue weighted by molar-refractivity contribution is 6.30. The molecule has 1 aromatic heterocycles. The lowest BCUT2D eigenvalue weighted by Crippen LogP contribution is -2.29. The molecule has 100 valence electrons. The predicted molar refractivity (Wildman–Crippen MR) is 80.4 cm³/mol. The first kappa shape index (κ1) is 13.8. The predicted octanol–water partition coefficient (Wildman–Crippen LogP) is 2.69. The maximum Gasteiger partial charge on any atom is 0.123 e. The summed E-state index contributed by atoms with van der Waals surface area (Å²) in [7, 11) is 1.97. The van der Waals surface area contributed by atoms with Crippen LogP contribution in [0.1, 0.15) is 11.1 Å². The van der Waals surface area contributed by atoms with E-state index < -0.39 is 0 Å². The molecule has 0 saturated carbocycles. The summed E-state index contributed by atoms with van der Waals surface area (Å²) in [5, 5.41) is 4.11. The quantitative estimate of drug-likeness (QED) is 0.882. The third-order valence-electron chi connectivity index (χ3n) is 3.11. The summed E-state index contributed by atoms with van der Waals surface area (Å²) in [6.07, 6.45) is 3.59. The van der Waals surface area contributed by atoms with Crippen LogP contribution in [0.4, 0.5) is 5.82 Å². The van der Waals surface area contributed by atoms with Gasteiger partial charge in [0.2, 0.25) is 0 Å². The Hall–Kier alpha value is -1.58. The SMILES string of the molecule is CNC(Cc1cccc(Cl)c1)Cc1ccnc(N)c1. The fourth-order valence-corrected chi connectivity index (χ4v) is 2.34. The second kappa shape index (κ2) is 6.55. The van der Waals surface area contributed by atoms with Crippen LogP contribution >= 0.6 is 11.6 Å². The molecule has 1 heterocycles. The second-order valence-corrected chi connectivity index (χ2v) is 5.05. The monoisotopic (exact) mass is 275 g/mol. The summed E-state index contributed by atoms with van der Waals surface area (Å²) in [6, 6.07) is 12.2. The van der Waals surface area contributed by atoms with Crippen LogP contribution in [0.15, 0.2) is 42.6 Å². The van der Waals surface area contributed by atoms with E-state index in [4.69, 9.17) is 17.3 Å². The average Bonchev–Trinajstić information content (AvgIpc) is 2.38. The van der Waals surface area contributed by atoms with Crippen LogP contribution in [0.5, 0.6) is 0 Å². The molecule has 0 saturated heterocycles. The van der Waals surface area contributed by atoms with E-state index in [-0.39, 0.29) is 0 Å². The van der Waals surface area contributed by atoms with E-state index in [1.54, 1.807) is 6.20 Å². The van der Waals surface area contributed by atoms with Gasteiger partial charge in [-0.15, -0.1) is 0 Å². The molecule has 3 N–H and O–H groups in total. The third-order valence-corrected chi connectivity index (χ3v) is 3.34. The largest absolute Gasteiger partial charge is 0.384 e. The number of likely N-dealkylation sites (N-methyl/N-ethyl adjacent to an activating group) is 1. The number of nitrogens with one attached hydrogen (secondary N) is 1. The van der Waals surface area contributed by atoms with Crippen molar-refractivity contribution >= 4 is 17.4 Å². The molecule has 0 fully saturated rings. The highest BCUT2D eigenvalue weighted by atomic mass is 35.5. The van der Waals surface area contributed by atoms with Gasteiger partial charge < -0.3 is 11.1 Å². The van der Waals surface area contributed by atoms with Crippen molar-refractivity contribution in [1.82, 2.24) is 10.3 Å². The van der Waals surface area contributed by atoms with Crippen molar-refractivity contribution in [3.05, 3.63) is 58.7 Å². The van der Waals surface area contributed by atoms with Crippen LogP contribution in [-0.2, 0) is 12.8 Å². The van der Waals surface area contributed by atoms with Crippen molar-refractivity contribution in [2.75, 3.05) is 12.8 Å². The Morgan fingerprint density at radius 2 is 1.95 bits per heavy atom. The number of nitrogens with two attached hydrogens (primary N) is 1. The van der Waals surface area contributed by atoms with Gasteiger partial charge in [-0.3, -0.25) is 0 Å². The first-order chi connectivity index (χ1) is 9.17. The summed E-state index contributed by atoms with van der Waals surface area (Å²) in [4.78, 5) is 4.01. The number of nitrogens with zero attached hydrogens (tertiary/aromatic N) is 1. The Morgan fingerprint density at radius 1 is 1.21 bits per heavy atom. The molecule has 1 aromatic carbocycles. The van der Waals surface area contributed by atoms with E-state index in [0.29, 0.717) is 11.9 Å². The topological polar surface area (TPSA) is 50.9 Å². The molecule has 2 aromatic rings. The van der Waals surface area contributed by atoms with E-state index in [0.717, 1.165) is 17.9 Å². The number of aromatic nitrogens is 1. The average molecular weight is 276 g/mol. The maximum atomic E-state index is 6.01. The van der Waals surface area contributed by atoms with Gasteiger partial charge in [-0.05, 0) is 55.3 Å². The molecule has 0 bridgehead atoms. The Kier molecular flexibility index (Phi) is 4.77. The van der Waals surface area contributed by atoms with Gasteiger partial charge in [-0.1, -0.05) is 23.7 Å². The van der Waals surface area contributed by atoms with Crippen molar-refractivity contribution in [3.63, 3.8) is 0 Å². The zero-order valence-electron chi connectivity index (χ0n) is 10.9. The van der Waals surface area contributed by atoms with Gasteiger partial charge >= 0.3 is 0 Å². The number of benzene rings is 1. The summed E-state index contributed by atoms with van der Waals surface area (Å²) in [5.74, 6) is 0.565. The molecule has 0 aliphatic rings. The van der Waals surface area contributed by atoms with Crippen molar-refractivity contribution in [1.29, 1.82) is 0 Å². The standard InChI is InChI=1S/C15H18ClN3/c1-18-14(8-11-3-2-4-13(16)7-11)9-12-5-6-19-15(17)10-12/h2-7,10,14,18H,8-9H2,1H3,(H2,17,19). The minimum Gasteiger partial charge on any atom is -0.384 e. The number of pyridine rings is 1. The molecule has 0 radical (unpaired) electrons. The van der Waals surface area contributed by atoms with Gasteiger partial charge in [0, 0.05) is 17.3 Å². The Labute approximate surface area is 118 Å². The Balaban J connectivity index is 2.04. The first-order valence-corrected chi connectivity index (χ1v) is 6.67.